The molecule has 9 heteroatoms. The zero-order valence-electron chi connectivity index (χ0n) is 16.5. The van der Waals surface area contributed by atoms with E-state index in [1.54, 1.807) is 6.07 Å². The molecule has 0 bridgehead atoms. The van der Waals surface area contributed by atoms with Crippen molar-refractivity contribution in [2.24, 2.45) is 0 Å². The molecule has 31 heavy (non-hydrogen) atoms. The van der Waals surface area contributed by atoms with E-state index in [0.717, 1.165) is 22.8 Å². The van der Waals surface area contributed by atoms with Gasteiger partial charge in [-0.15, -0.1) is 0 Å². The molecule has 1 amide bonds. The quantitative estimate of drug-likeness (QED) is 0.446. The molecule has 0 spiro atoms. The van der Waals surface area contributed by atoms with E-state index in [2.05, 4.69) is 15.8 Å². The van der Waals surface area contributed by atoms with Crippen molar-refractivity contribution in [3.63, 3.8) is 0 Å². The first-order valence-electron chi connectivity index (χ1n) is 9.65. The Morgan fingerprint density at radius 3 is 2.55 bits per heavy atom. The van der Waals surface area contributed by atoms with Gasteiger partial charge < -0.3 is 9.63 Å². The average molecular weight is 442 g/mol. The van der Waals surface area contributed by atoms with Crippen LogP contribution in [0.25, 0.3) is 11.1 Å². The molecule has 3 atom stereocenters. The molecular formula is C22H20ClN3O5. The second-order valence-electron chi connectivity index (χ2n) is 7.60. The molecule has 0 saturated heterocycles. The van der Waals surface area contributed by atoms with Crippen molar-refractivity contribution in [3.05, 3.63) is 75.5 Å². The van der Waals surface area contributed by atoms with Gasteiger partial charge in [0.1, 0.15) is 11.6 Å². The van der Waals surface area contributed by atoms with Gasteiger partial charge in [-0.25, -0.2) is 0 Å². The van der Waals surface area contributed by atoms with E-state index in [1.807, 2.05) is 42.5 Å². The summed E-state index contributed by atoms with van der Waals surface area (Å²) in [5, 5.41) is 17.5. The molecule has 1 saturated carbocycles. The number of carbonyl (C=O) groups is 2. The molecule has 4 rings (SSSR count). The Morgan fingerprint density at radius 2 is 1.94 bits per heavy atom. The van der Waals surface area contributed by atoms with E-state index in [4.69, 9.17) is 16.1 Å². The molecule has 2 aromatic carbocycles. The molecule has 0 aliphatic heterocycles. The lowest BCUT2D eigenvalue weighted by molar-refractivity contribution is -0.139. The van der Waals surface area contributed by atoms with E-state index in [-0.39, 0.29) is 11.8 Å². The highest BCUT2D eigenvalue weighted by Crippen LogP contribution is 2.52. The van der Waals surface area contributed by atoms with Gasteiger partial charge >= 0.3 is 5.97 Å². The van der Waals surface area contributed by atoms with Crippen LogP contribution in [0.1, 0.15) is 24.8 Å². The van der Waals surface area contributed by atoms with E-state index < -0.39 is 29.0 Å². The SMILES string of the molecule is C[C@H](NC1(C(=O)Nc2cc(=O)[nH]o2)CC1c1ccc(-c2cccc(Cl)c2)cc1)C(=O)O. The molecule has 3 aromatic rings. The number of nitrogens with one attached hydrogen (secondary N) is 3. The number of rotatable bonds is 7. The van der Waals surface area contributed by atoms with Crippen LogP contribution in [0.5, 0.6) is 0 Å². The van der Waals surface area contributed by atoms with Gasteiger partial charge in [0.15, 0.2) is 0 Å². The number of benzene rings is 2. The van der Waals surface area contributed by atoms with Crippen LogP contribution >= 0.6 is 11.6 Å². The second kappa shape index (κ2) is 8.05. The number of carboxylic acid groups (broad SMARTS) is 1. The van der Waals surface area contributed by atoms with Gasteiger partial charge in [-0.05, 0) is 42.2 Å². The second-order valence-corrected chi connectivity index (χ2v) is 8.03. The van der Waals surface area contributed by atoms with Crippen LogP contribution < -0.4 is 16.2 Å². The fraction of sp³-hybridized carbons (Fsp3) is 0.227. The predicted molar refractivity (Wildman–Crippen MR) is 115 cm³/mol. The summed E-state index contributed by atoms with van der Waals surface area (Å²) >= 11 is 6.07. The normalized spacial score (nSPS) is 20.8. The number of H-pyrrole nitrogens is 1. The minimum Gasteiger partial charge on any atom is -0.480 e. The average Bonchev–Trinajstić information content (AvgIpc) is 3.33. The molecule has 8 nitrogen and oxygen atoms in total. The van der Waals surface area contributed by atoms with E-state index >= 15 is 0 Å². The summed E-state index contributed by atoms with van der Waals surface area (Å²) in [6.45, 7) is 1.48. The Morgan fingerprint density at radius 1 is 1.19 bits per heavy atom. The first-order valence-corrected chi connectivity index (χ1v) is 10.0. The smallest absolute Gasteiger partial charge is 0.320 e. The Bertz CT molecular complexity index is 1190. The summed E-state index contributed by atoms with van der Waals surface area (Å²) in [6.07, 6.45) is 0.404. The third-order valence-corrected chi connectivity index (χ3v) is 5.68. The Labute approximate surface area is 182 Å². The van der Waals surface area contributed by atoms with Crippen molar-refractivity contribution in [1.29, 1.82) is 0 Å². The summed E-state index contributed by atoms with van der Waals surface area (Å²) in [7, 11) is 0. The van der Waals surface area contributed by atoms with Crippen LogP contribution in [0.15, 0.2) is 63.9 Å². The van der Waals surface area contributed by atoms with Crippen molar-refractivity contribution in [2.45, 2.75) is 30.8 Å². The highest BCUT2D eigenvalue weighted by molar-refractivity contribution is 6.30. The number of carboxylic acids is 1. The van der Waals surface area contributed by atoms with Gasteiger partial charge in [-0.2, -0.15) is 5.16 Å². The maximum absolute atomic E-state index is 13.0. The molecule has 1 aromatic heterocycles. The summed E-state index contributed by atoms with van der Waals surface area (Å²) < 4.78 is 4.90. The van der Waals surface area contributed by atoms with E-state index in [1.165, 1.54) is 6.92 Å². The van der Waals surface area contributed by atoms with Crippen LogP contribution in [0, 0.1) is 0 Å². The maximum Gasteiger partial charge on any atom is 0.320 e. The number of amides is 1. The Kier molecular flexibility index (Phi) is 5.43. The zero-order chi connectivity index (χ0) is 22.2. The summed E-state index contributed by atoms with van der Waals surface area (Å²) in [4.78, 5) is 35.7. The molecule has 2 unspecified atom stereocenters. The summed E-state index contributed by atoms with van der Waals surface area (Å²) in [5.41, 5.74) is 1.22. The number of hydrogen-bond acceptors (Lipinski definition) is 5. The van der Waals surface area contributed by atoms with Gasteiger partial charge in [0.2, 0.25) is 11.8 Å². The van der Waals surface area contributed by atoms with Crippen LogP contribution in [0.3, 0.4) is 0 Å². The van der Waals surface area contributed by atoms with Crippen molar-refractivity contribution in [2.75, 3.05) is 5.32 Å². The maximum atomic E-state index is 13.0. The topological polar surface area (TPSA) is 124 Å². The first kappa shape index (κ1) is 20.9. The van der Waals surface area contributed by atoms with Crippen molar-refractivity contribution in [1.82, 2.24) is 10.5 Å². The zero-order valence-corrected chi connectivity index (χ0v) is 17.3. The summed E-state index contributed by atoms with van der Waals surface area (Å²) in [5.74, 6) is -1.80. The van der Waals surface area contributed by atoms with Crippen molar-refractivity contribution in [3.8, 4) is 11.1 Å². The third-order valence-electron chi connectivity index (χ3n) is 5.44. The number of aromatic amines is 1. The number of hydrogen-bond donors (Lipinski definition) is 4. The number of halogens is 1. The minimum absolute atomic E-state index is 0.0268. The molecule has 1 fully saturated rings. The number of aromatic nitrogens is 1. The van der Waals surface area contributed by atoms with Gasteiger partial charge in [0.25, 0.3) is 5.56 Å². The van der Waals surface area contributed by atoms with Gasteiger partial charge in [0.05, 0.1) is 6.07 Å². The fourth-order valence-electron chi connectivity index (χ4n) is 3.73. The van der Waals surface area contributed by atoms with Crippen LogP contribution in [-0.4, -0.2) is 33.7 Å². The van der Waals surface area contributed by atoms with Crippen molar-refractivity contribution < 1.29 is 19.2 Å². The molecule has 160 valence electrons. The fourth-order valence-corrected chi connectivity index (χ4v) is 3.92. The van der Waals surface area contributed by atoms with Gasteiger partial charge in [-0.1, -0.05) is 48.0 Å². The van der Waals surface area contributed by atoms with Gasteiger partial charge in [-0.3, -0.25) is 25.0 Å². The molecule has 4 N–H and O–H groups in total. The number of anilines is 1. The highest BCUT2D eigenvalue weighted by Gasteiger charge is 2.61. The standard InChI is InChI=1S/C22H20ClN3O5/c1-12(20(28)29)25-22(21(30)24-19-10-18(27)26-31-19)11-17(22)14-7-5-13(6-8-14)15-3-2-4-16(23)9-15/h2-10,12,17,25H,11H2,1H3,(H,24,30)(H,26,27)(H,28,29)/t12-,17?,22?/m0/s1. The summed E-state index contributed by atoms with van der Waals surface area (Å²) in [6, 6.07) is 15.4. The van der Waals surface area contributed by atoms with Gasteiger partial charge in [0, 0.05) is 10.9 Å². The molecule has 1 heterocycles. The molecule has 1 aliphatic carbocycles. The lowest BCUT2D eigenvalue weighted by atomic mass is 10.00. The van der Waals surface area contributed by atoms with Crippen LogP contribution in [0.4, 0.5) is 5.88 Å². The number of carbonyl (C=O) groups excluding carboxylic acids is 1. The van der Waals surface area contributed by atoms with E-state index in [0.29, 0.717) is 11.4 Å². The Hall–Kier alpha value is -3.36. The van der Waals surface area contributed by atoms with Crippen molar-refractivity contribution >= 4 is 29.4 Å². The monoisotopic (exact) mass is 441 g/mol. The molecular weight excluding hydrogens is 422 g/mol. The Balaban J connectivity index is 1.58. The van der Waals surface area contributed by atoms with Crippen LogP contribution in [0.2, 0.25) is 5.02 Å². The number of aliphatic carboxylic acids is 1. The predicted octanol–water partition coefficient (Wildman–Crippen LogP) is 3.22. The van der Waals surface area contributed by atoms with Crippen LogP contribution in [-0.2, 0) is 9.59 Å². The molecule has 0 radical (unpaired) electrons. The highest BCUT2D eigenvalue weighted by atomic mass is 35.5. The lowest BCUT2D eigenvalue weighted by Gasteiger charge is -2.21. The van der Waals surface area contributed by atoms with E-state index in [9.17, 15) is 19.5 Å². The largest absolute Gasteiger partial charge is 0.480 e. The third kappa shape index (κ3) is 4.26. The first-order chi connectivity index (χ1) is 14.8. The molecule has 1 aliphatic rings. The lowest BCUT2D eigenvalue weighted by Crippen LogP contribution is -2.51. The minimum atomic E-state index is -1.13.